The molecule has 0 fully saturated rings. The summed E-state index contributed by atoms with van der Waals surface area (Å²) in [6.45, 7) is 1.41. The first-order valence-corrected chi connectivity index (χ1v) is 11.8. The molecule has 0 spiro atoms. The molecule has 0 aromatic rings. The summed E-state index contributed by atoms with van der Waals surface area (Å²) in [7, 11) is -4.47. The number of unbranched alkanes of at least 4 members (excludes halogenated alkanes) is 7. The summed E-state index contributed by atoms with van der Waals surface area (Å²) in [6, 6.07) is 0. The molecule has 4 N–H and O–H groups in total. The normalized spacial score (nSPS) is 14.9. The van der Waals surface area contributed by atoms with Gasteiger partial charge >= 0.3 is 5.97 Å². The van der Waals surface area contributed by atoms with E-state index in [9.17, 15) is 19.4 Å². The van der Waals surface area contributed by atoms with Crippen LogP contribution in [0.2, 0.25) is 0 Å². The Morgan fingerprint density at radius 1 is 1.11 bits per heavy atom. The molecule has 2 atom stereocenters. The van der Waals surface area contributed by atoms with E-state index >= 15 is 0 Å². The molecule has 0 rings (SSSR count). The third-order valence-electron chi connectivity index (χ3n) is 3.96. The molecule has 0 aromatic carbocycles. The molecule has 0 bridgehead atoms. The Morgan fingerprint density at radius 2 is 1.75 bits per heavy atom. The Kier molecular flexibility index (Phi) is 17.8. The van der Waals surface area contributed by atoms with Gasteiger partial charge in [-0.15, -0.1) is 0 Å². The number of ether oxygens (including phenoxy) is 1. The molecule has 0 aliphatic heterocycles. The molecule has 0 saturated carbocycles. The van der Waals surface area contributed by atoms with E-state index in [-0.39, 0.29) is 19.6 Å². The molecule has 0 heterocycles. The van der Waals surface area contributed by atoms with Gasteiger partial charge in [0.15, 0.2) is 0 Å². The Bertz CT molecular complexity index is 460. The van der Waals surface area contributed by atoms with Gasteiger partial charge in [-0.05, 0) is 32.1 Å². The van der Waals surface area contributed by atoms with Gasteiger partial charge in [0.05, 0.1) is 19.8 Å². The molecular formula is C19H38NO7P. The van der Waals surface area contributed by atoms with Crippen LogP contribution in [0.4, 0.5) is 0 Å². The Balaban J connectivity index is 3.77. The van der Waals surface area contributed by atoms with Crippen molar-refractivity contribution in [2.24, 2.45) is 0 Å². The first-order chi connectivity index (χ1) is 13.4. The fourth-order valence-corrected chi connectivity index (χ4v) is 3.17. The standard InChI is InChI=1S/C19H38NO7P/c1-2-3-4-5-6-7-8-9-10-11-12-13-19(22)27-18(16-21)17-26-28(23,24)25-15-14-20/h7-8,18,21H,2-6,9-17,20H2,1H3,(H,23,24)/b8-7-/t18-/m1/s1. The Labute approximate surface area is 169 Å². The predicted octanol–water partition coefficient (Wildman–Crippen LogP) is 2.11. The van der Waals surface area contributed by atoms with Gasteiger partial charge < -0.3 is 29.5 Å². The zero-order valence-corrected chi connectivity index (χ0v) is 18.1. The minimum absolute atomic E-state index is 0.0849. The summed E-state index contributed by atoms with van der Waals surface area (Å²) in [5.74, 6) is -0.478. The summed E-state index contributed by atoms with van der Waals surface area (Å²) in [4.78, 5) is 23.2. The summed E-state index contributed by atoms with van der Waals surface area (Å²) >= 11 is 0. The van der Waals surface area contributed by atoms with Gasteiger partial charge in [-0.3, -0.25) is 9.36 Å². The second kappa shape index (κ2) is 18.3. The van der Waals surface area contributed by atoms with Gasteiger partial charge in [0.25, 0.3) is 7.82 Å². The van der Waals surface area contributed by atoms with Crippen LogP contribution in [0, 0.1) is 0 Å². The van der Waals surface area contributed by atoms with Crippen LogP contribution in [-0.4, -0.2) is 43.5 Å². The lowest BCUT2D eigenvalue weighted by molar-refractivity contribution is -0.373. The predicted molar refractivity (Wildman–Crippen MR) is 105 cm³/mol. The van der Waals surface area contributed by atoms with E-state index in [0.29, 0.717) is 6.42 Å². The Hall–Kier alpha value is -0.760. The average molecular weight is 423 g/mol. The van der Waals surface area contributed by atoms with Crippen molar-refractivity contribution in [2.75, 3.05) is 26.4 Å². The van der Waals surface area contributed by atoms with E-state index in [0.717, 1.165) is 25.7 Å². The van der Waals surface area contributed by atoms with E-state index in [1.54, 1.807) is 0 Å². The first kappa shape index (κ1) is 27.2. The maximum Gasteiger partial charge on any atom is 0.306 e. The van der Waals surface area contributed by atoms with E-state index < -0.39 is 33.1 Å². The number of carbonyl (C=O) groups is 1. The second-order valence-electron chi connectivity index (χ2n) is 6.64. The molecule has 9 heteroatoms. The van der Waals surface area contributed by atoms with Crippen LogP contribution in [0.1, 0.15) is 71.1 Å². The van der Waals surface area contributed by atoms with Crippen molar-refractivity contribution in [3.8, 4) is 0 Å². The van der Waals surface area contributed by atoms with E-state index in [2.05, 4.69) is 33.9 Å². The van der Waals surface area contributed by atoms with Gasteiger partial charge in [-0.2, -0.15) is 0 Å². The van der Waals surface area contributed by atoms with Crippen molar-refractivity contribution < 1.29 is 38.9 Å². The zero-order chi connectivity index (χ0) is 21.1. The van der Waals surface area contributed by atoms with Crippen LogP contribution in [0.25, 0.3) is 0 Å². The number of phosphoric acid groups is 1. The fraction of sp³-hybridized carbons (Fsp3) is 0.842. The van der Waals surface area contributed by atoms with Gasteiger partial charge in [0, 0.05) is 6.42 Å². The summed E-state index contributed by atoms with van der Waals surface area (Å²) < 4.78 is 25.6. The molecule has 0 aromatic heterocycles. The lowest BCUT2D eigenvalue weighted by Crippen LogP contribution is -2.52. The molecule has 8 nitrogen and oxygen atoms in total. The van der Waals surface area contributed by atoms with E-state index in [1.807, 2.05) is 0 Å². The largest absolute Gasteiger partial charge is 0.756 e. The van der Waals surface area contributed by atoms with Gasteiger partial charge in [0.1, 0.15) is 12.7 Å². The number of esters is 1. The van der Waals surface area contributed by atoms with E-state index in [4.69, 9.17) is 4.74 Å². The topological polar surface area (TPSA) is 133 Å². The first-order valence-electron chi connectivity index (χ1n) is 10.3. The second-order valence-corrected chi connectivity index (χ2v) is 8.06. The van der Waals surface area contributed by atoms with Crippen LogP contribution in [0.15, 0.2) is 12.2 Å². The molecule has 0 aliphatic rings. The number of aliphatic hydroxyl groups excluding tert-OH is 1. The maximum absolute atomic E-state index is 11.8. The number of aliphatic hydroxyl groups is 1. The van der Waals surface area contributed by atoms with Crippen molar-refractivity contribution in [1.82, 2.24) is 0 Å². The van der Waals surface area contributed by atoms with Crippen LogP contribution >= 0.6 is 7.82 Å². The van der Waals surface area contributed by atoms with Gasteiger partial charge in [0.2, 0.25) is 0 Å². The maximum atomic E-state index is 11.8. The minimum Gasteiger partial charge on any atom is -0.756 e. The SMILES string of the molecule is CCCCCC/C=C\CCCCCC(=O)O[C@H](CO)COP(=O)([O-])OCC[NH3+]. The molecule has 0 aliphatic carbocycles. The molecule has 28 heavy (non-hydrogen) atoms. The number of carbonyl (C=O) groups excluding carboxylic acids is 1. The third kappa shape index (κ3) is 17.3. The Morgan fingerprint density at radius 3 is 2.32 bits per heavy atom. The van der Waals surface area contributed by atoms with Crippen molar-refractivity contribution >= 4 is 13.8 Å². The number of phosphoric ester groups is 1. The molecule has 1 unspecified atom stereocenters. The van der Waals surface area contributed by atoms with Crippen LogP contribution < -0.4 is 10.6 Å². The highest BCUT2D eigenvalue weighted by molar-refractivity contribution is 7.45. The lowest BCUT2D eigenvalue weighted by atomic mass is 10.1. The lowest BCUT2D eigenvalue weighted by Gasteiger charge is -2.24. The number of hydrogen-bond acceptors (Lipinski definition) is 7. The smallest absolute Gasteiger partial charge is 0.306 e. The molecule has 0 radical (unpaired) electrons. The van der Waals surface area contributed by atoms with Crippen LogP contribution in [-0.2, 0) is 23.1 Å². The zero-order valence-electron chi connectivity index (χ0n) is 17.2. The number of quaternary nitrogens is 1. The van der Waals surface area contributed by atoms with Gasteiger partial charge in [-0.25, -0.2) is 0 Å². The number of allylic oxidation sites excluding steroid dienone is 2. The third-order valence-corrected chi connectivity index (χ3v) is 4.92. The highest BCUT2D eigenvalue weighted by Gasteiger charge is 2.18. The molecular weight excluding hydrogens is 385 g/mol. The highest BCUT2D eigenvalue weighted by Crippen LogP contribution is 2.37. The quantitative estimate of drug-likeness (QED) is 0.141. The van der Waals surface area contributed by atoms with E-state index in [1.165, 1.54) is 25.7 Å². The number of hydrogen-bond donors (Lipinski definition) is 2. The number of rotatable bonds is 19. The summed E-state index contributed by atoms with van der Waals surface area (Å²) in [5.41, 5.74) is 3.46. The van der Waals surface area contributed by atoms with Crippen molar-refractivity contribution in [3.05, 3.63) is 12.2 Å². The minimum atomic E-state index is -4.47. The molecule has 0 saturated heterocycles. The fourth-order valence-electron chi connectivity index (χ4n) is 2.39. The van der Waals surface area contributed by atoms with Crippen molar-refractivity contribution in [3.63, 3.8) is 0 Å². The summed E-state index contributed by atoms with van der Waals surface area (Å²) in [5, 5.41) is 9.20. The highest BCUT2D eigenvalue weighted by atomic mass is 31.2. The van der Waals surface area contributed by atoms with Crippen LogP contribution in [0.3, 0.4) is 0 Å². The molecule has 0 amide bonds. The summed E-state index contributed by atoms with van der Waals surface area (Å²) in [6.07, 6.45) is 13.4. The monoisotopic (exact) mass is 423 g/mol. The van der Waals surface area contributed by atoms with Crippen LogP contribution in [0.5, 0.6) is 0 Å². The van der Waals surface area contributed by atoms with Gasteiger partial charge in [-0.1, -0.05) is 44.8 Å². The van der Waals surface area contributed by atoms with Crippen molar-refractivity contribution in [1.29, 1.82) is 0 Å². The van der Waals surface area contributed by atoms with Crippen molar-refractivity contribution in [2.45, 2.75) is 77.2 Å². The molecule has 166 valence electrons. The average Bonchev–Trinajstić information content (AvgIpc) is 2.67.